The summed E-state index contributed by atoms with van der Waals surface area (Å²) in [7, 11) is 0. The molecule has 0 aliphatic carbocycles. The molecule has 0 unspecified atom stereocenters. The molecule has 6 nitrogen and oxygen atoms in total. The largest absolute Gasteiger partial charge is 0.396 e. The molecule has 0 saturated carbocycles. The molecular weight excluding hydrogens is 328 g/mol. The van der Waals surface area contributed by atoms with E-state index < -0.39 is 0 Å². The predicted molar refractivity (Wildman–Crippen MR) is 92.1 cm³/mol. The van der Waals surface area contributed by atoms with E-state index in [1.165, 1.54) is 0 Å². The third-order valence-electron chi connectivity index (χ3n) is 2.33. The zero-order chi connectivity index (χ0) is 16.1. The standard InChI is InChI=1S/C14H30O6S2/c15-1-11-21-13-9-19-7-5-17-3-4-18-6-8-20-10-14-22-12-2-16/h15-16H,1-14H2. The Bertz CT molecular complexity index is 180. The highest BCUT2D eigenvalue weighted by molar-refractivity contribution is 7.99. The lowest BCUT2D eigenvalue weighted by Crippen LogP contribution is -2.13. The van der Waals surface area contributed by atoms with E-state index >= 15 is 0 Å². The van der Waals surface area contributed by atoms with Crippen LogP contribution in [0.5, 0.6) is 0 Å². The third kappa shape index (κ3) is 20.5. The van der Waals surface area contributed by atoms with Crippen LogP contribution in [0, 0.1) is 0 Å². The molecule has 0 amide bonds. The van der Waals surface area contributed by atoms with Crippen molar-refractivity contribution in [2.45, 2.75) is 0 Å². The molecule has 0 spiro atoms. The van der Waals surface area contributed by atoms with Crippen molar-refractivity contribution in [1.29, 1.82) is 0 Å². The van der Waals surface area contributed by atoms with Gasteiger partial charge >= 0.3 is 0 Å². The fraction of sp³-hybridized carbons (Fsp3) is 1.00. The van der Waals surface area contributed by atoms with E-state index in [-0.39, 0.29) is 13.2 Å². The molecule has 0 atom stereocenters. The molecule has 0 bridgehead atoms. The van der Waals surface area contributed by atoms with Gasteiger partial charge in [-0.15, -0.1) is 0 Å². The van der Waals surface area contributed by atoms with Gasteiger partial charge in [0, 0.05) is 23.0 Å². The van der Waals surface area contributed by atoms with Gasteiger partial charge in [0.2, 0.25) is 0 Å². The first-order valence-electron chi connectivity index (χ1n) is 7.60. The summed E-state index contributed by atoms with van der Waals surface area (Å²) in [4.78, 5) is 0. The summed E-state index contributed by atoms with van der Waals surface area (Å²) in [5.74, 6) is 3.34. The van der Waals surface area contributed by atoms with Gasteiger partial charge in [-0.3, -0.25) is 0 Å². The Kier molecular flexibility index (Phi) is 21.9. The maximum absolute atomic E-state index is 8.59. The molecule has 0 aromatic carbocycles. The molecule has 0 heterocycles. The minimum Gasteiger partial charge on any atom is -0.396 e. The quantitative estimate of drug-likeness (QED) is 0.323. The number of ether oxygens (including phenoxy) is 4. The van der Waals surface area contributed by atoms with Crippen LogP contribution in [0.25, 0.3) is 0 Å². The van der Waals surface area contributed by atoms with Crippen LogP contribution in [0.15, 0.2) is 0 Å². The van der Waals surface area contributed by atoms with Gasteiger partial charge in [-0.05, 0) is 0 Å². The van der Waals surface area contributed by atoms with Crippen molar-refractivity contribution < 1.29 is 29.2 Å². The van der Waals surface area contributed by atoms with Crippen LogP contribution in [-0.2, 0) is 18.9 Å². The van der Waals surface area contributed by atoms with Gasteiger partial charge < -0.3 is 29.2 Å². The molecular formula is C14H30O6S2. The zero-order valence-corrected chi connectivity index (χ0v) is 14.9. The first-order valence-corrected chi connectivity index (χ1v) is 9.91. The second kappa shape index (κ2) is 21.5. The predicted octanol–water partition coefficient (Wildman–Crippen LogP) is 0.504. The average Bonchev–Trinajstić information content (AvgIpc) is 2.54. The summed E-state index contributed by atoms with van der Waals surface area (Å²) in [6.07, 6.45) is 0. The highest BCUT2D eigenvalue weighted by atomic mass is 32.2. The Hall–Kier alpha value is 0.460. The lowest BCUT2D eigenvalue weighted by Gasteiger charge is -2.07. The number of hydrogen-bond donors (Lipinski definition) is 2. The van der Waals surface area contributed by atoms with E-state index in [0.717, 1.165) is 23.0 Å². The molecule has 0 radical (unpaired) electrons. The highest BCUT2D eigenvalue weighted by Gasteiger charge is 1.94. The molecule has 134 valence electrons. The van der Waals surface area contributed by atoms with Crippen LogP contribution in [0.4, 0.5) is 0 Å². The maximum Gasteiger partial charge on any atom is 0.0701 e. The Labute approximate surface area is 142 Å². The molecule has 0 fully saturated rings. The van der Waals surface area contributed by atoms with Gasteiger partial charge in [0.1, 0.15) is 0 Å². The Morgan fingerprint density at radius 3 is 1.09 bits per heavy atom. The van der Waals surface area contributed by atoms with E-state index in [2.05, 4.69) is 0 Å². The van der Waals surface area contributed by atoms with Crippen LogP contribution < -0.4 is 0 Å². The monoisotopic (exact) mass is 358 g/mol. The second-order valence-electron chi connectivity index (χ2n) is 4.12. The molecule has 0 aliphatic heterocycles. The van der Waals surface area contributed by atoms with Crippen molar-refractivity contribution in [2.24, 2.45) is 0 Å². The topological polar surface area (TPSA) is 77.4 Å². The van der Waals surface area contributed by atoms with Crippen molar-refractivity contribution in [3.05, 3.63) is 0 Å². The van der Waals surface area contributed by atoms with E-state index in [0.29, 0.717) is 52.9 Å². The Balaban J connectivity index is 2.91. The summed E-state index contributed by atoms with van der Waals surface area (Å²) >= 11 is 3.36. The van der Waals surface area contributed by atoms with Gasteiger partial charge in [0.05, 0.1) is 66.1 Å². The van der Waals surface area contributed by atoms with Gasteiger partial charge in [0.25, 0.3) is 0 Å². The van der Waals surface area contributed by atoms with E-state index in [1.54, 1.807) is 23.5 Å². The number of hydrogen-bond acceptors (Lipinski definition) is 8. The summed E-state index contributed by atoms with van der Waals surface area (Å²) < 4.78 is 21.5. The Morgan fingerprint density at radius 1 is 0.455 bits per heavy atom. The first kappa shape index (κ1) is 22.5. The molecule has 0 aromatic rings. The minimum atomic E-state index is 0.224. The lowest BCUT2D eigenvalue weighted by molar-refractivity contribution is 0.00146. The summed E-state index contributed by atoms with van der Waals surface area (Å²) in [5, 5.41) is 17.2. The van der Waals surface area contributed by atoms with Crippen molar-refractivity contribution in [2.75, 3.05) is 89.1 Å². The van der Waals surface area contributed by atoms with E-state index in [1.807, 2.05) is 0 Å². The Morgan fingerprint density at radius 2 is 0.773 bits per heavy atom. The molecule has 0 rings (SSSR count). The van der Waals surface area contributed by atoms with Gasteiger partial charge in [0.15, 0.2) is 0 Å². The molecule has 2 N–H and O–H groups in total. The van der Waals surface area contributed by atoms with Crippen LogP contribution >= 0.6 is 23.5 Å². The van der Waals surface area contributed by atoms with Crippen LogP contribution in [-0.4, -0.2) is 99.3 Å². The number of rotatable bonds is 19. The first-order chi connectivity index (χ1) is 10.9. The number of aliphatic hydroxyl groups is 2. The van der Waals surface area contributed by atoms with Crippen LogP contribution in [0.3, 0.4) is 0 Å². The maximum atomic E-state index is 8.59. The molecule has 22 heavy (non-hydrogen) atoms. The molecule has 8 heteroatoms. The fourth-order valence-electron chi connectivity index (χ4n) is 1.33. The van der Waals surface area contributed by atoms with Gasteiger partial charge in [-0.25, -0.2) is 0 Å². The highest BCUT2D eigenvalue weighted by Crippen LogP contribution is 1.98. The van der Waals surface area contributed by atoms with Crippen molar-refractivity contribution >= 4 is 23.5 Å². The summed E-state index contributed by atoms with van der Waals surface area (Å²) in [6.45, 7) is 5.30. The van der Waals surface area contributed by atoms with Crippen molar-refractivity contribution in [1.82, 2.24) is 0 Å². The van der Waals surface area contributed by atoms with Crippen LogP contribution in [0.1, 0.15) is 0 Å². The number of aliphatic hydroxyl groups excluding tert-OH is 2. The summed E-state index contributed by atoms with van der Waals surface area (Å²) in [5.41, 5.74) is 0. The fourth-order valence-corrected chi connectivity index (χ4v) is 2.47. The van der Waals surface area contributed by atoms with Crippen LogP contribution in [0.2, 0.25) is 0 Å². The van der Waals surface area contributed by atoms with E-state index in [4.69, 9.17) is 29.2 Å². The third-order valence-corrected chi connectivity index (χ3v) is 4.18. The molecule has 0 saturated heterocycles. The average molecular weight is 359 g/mol. The second-order valence-corrected chi connectivity index (χ2v) is 6.57. The SMILES string of the molecule is OCCSCCOCCOCCOCCOCCSCCO. The molecule has 0 aliphatic rings. The molecule has 0 aromatic heterocycles. The van der Waals surface area contributed by atoms with Gasteiger partial charge in [-0.2, -0.15) is 23.5 Å². The van der Waals surface area contributed by atoms with E-state index in [9.17, 15) is 0 Å². The smallest absolute Gasteiger partial charge is 0.0701 e. The lowest BCUT2D eigenvalue weighted by atomic mass is 10.7. The summed E-state index contributed by atoms with van der Waals surface area (Å²) in [6, 6.07) is 0. The minimum absolute atomic E-state index is 0.224. The van der Waals surface area contributed by atoms with Gasteiger partial charge in [-0.1, -0.05) is 0 Å². The number of thioether (sulfide) groups is 2. The van der Waals surface area contributed by atoms with Crippen molar-refractivity contribution in [3.8, 4) is 0 Å². The van der Waals surface area contributed by atoms with Crippen molar-refractivity contribution in [3.63, 3.8) is 0 Å². The zero-order valence-electron chi connectivity index (χ0n) is 13.2. The normalized spacial score (nSPS) is 11.2.